The number of nitrogens with zero attached hydrogens (tertiary/aromatic N) is 2. The first-order valence-corrected chi connectivity index (χ1v) is 9.46. The third-order valence-electron chi connectivity index (χ3n) is 3.99. The third kappa shape index (κ3) is 4.70. The molecule has 0 radical (unpaired) electrons. The van der Waals surface area contributed by atoms with E-state index in [0.717, 1.165) is 22.0 Å². The van der Waals surface area contributed by atoms with Gasteiger partial charge in [0.1, 0.15) is 12.3 Å². The van der Waals surface area contributed by atoms with Gasteiger partial charge in [-0.1, -0.05) is 55.2 Å². The molecule has 1 heterocycles. The Bertz CT molecular complexity index is 1080. The van der Waals surface area contributed by atoms with Crippen LogP contribution in [0.1, 0.15) is 31.1 Å². The van der Waals surface area contributed by atoms with Gasteiger partial charge in [0.05, 0.1) is 12.3 Å². The second-order valence-electron chi connectivity index (χ2n) is 6.72. The van der Waals surface area contributed by atoms with E-state index in [9.17, 15) is 9.59 Å². The molecule has 0 spiro atoms. The van der Waals surface area contributed by atoms with Crippen molar-refractivity contribution in [3.05, 3.63) is 90.7 Å². The molecule has 1 aromatic heterocycles. The molecule has 6 nitrogen and oxygen atoms in total. The van der Waals surface area contributed by atoms with Crippen LogP contribution in [0.2, 0.25) is 10.0 Å². The molecule has 1 unspecified atom stereocenters. The standard InChI is InChI=1S/C20H19Cl2N3O3/c1-12(2)11-28-19(13-3-5-14(21)6-4-13)16-8-7-15(9-17(16)22)25-20(27)24-18(26)10-23-25/h3-10,12,19H,11H2,1-2H3,(H,24,26,27). The van der Waals surface area contributed by atoms with Crippen molar-refractivity contribution in [1.29, 1.82) is 0 Å². The first-order valence-electron chi connectivity index (χ1n) is 8.70. The van der Waals surface area contributed by atoms with Gasteiger partial charge in [-0.2, -0.15) is 9.78 Å². The summed E-state index contributed by atoms with van der Waals surface area (Å²) in [6.45, 7) is 4.68. The number of rotatable bonds is 6. The van der Waals surface area contributed by atoms with E-state index in [1.807, 2.05) is 12.1 Å². The fourth-order valence-corrected chi connectivity index (χ4v) is 3.09. The van der Waals surface area contributed by atoms with Gasteiger partial charge in [0, 0.05) is 15.6 Å². The molecule has 1 atom stereocenters. The van der Waals surface area contributed by atoms with E-state index in [1.165, 1.54) is 0 Å². The highest BCUT2D eigenvalue weighted by Gasteiger charge is 2.19. The van der Waals surface area contributed by atoms with Gasteiger partial charge in [0.25, 0.3) is 5.56 Å². The van der Waals surface area contributed by atoms with Gasteiger partial charge in [-0.15, -0.1) is 0 Å². The lowest BCUT2D eigenvalue weighted by Crippen LogP contribution is -2.30. The summed E-state index contributed by atoms with van der Waals surface area (Å²) in [5.74, 6) is 0.344. The molecule has 0 saturated heterocycles. The summed E-state index contributed by atoms with van der Waals surface area (Å²) in [7, 11) is 0. The van der Waals surface area contributed by atoms with Crippen molar-refractivity contribution in [2.24, 2.45) is 5.92 Å². The zero-order valence-electron chi connectivity index (χ0n) is 15.4. The van der Waals surface area contributed by atoms with Crippen molar-refractivity contribution in [2.45, 2.75) is 20.0 Å². The summed E-state index contributed by atoms with van der Waals surface area (Å²) < 4.78 is 7.19. The van der Waals surface area contributed by atoms with Gasteiger partial charge in [0.2, 0.25) is 0 Å². The van der Waals surface area contributed by atoms with Gasteiger partial charge in [0.15, 0.2) is 0 Å². The molecule has 0 aliphatic rings. The number of benzene rings is 2. The van der Waals surface area contributed by atoms with Crippen LogP contribution < -0.4 is 11.2 Å². The van der Waals surface area contributed by atoms with Crippen LogP contribution in [0.5, 0.6) is 0 Å². The number of halogens is 2. The largest absolute Gasteiger partial charge is 0.368 e. The Labute approximate surface area is 171 Å². The molecular formula is C20H19Cl2N3O3. The SMILES string of the molecule is CC(C)COC(c1ccc(Cl)cc1)c1ccc(-n2ncc(=O)[nH]c2=O)cc1Cl. The number of hydrogen-bond donors (Lipinski definition) is 1. The summed E-state index contributed by atoms with van der Waals surface area (Å²) >= 11 is 12.5. The van der Waals surface area contributed by atoms with Crippen molar-refractivity contribution in [1.82, 2.24) is 14.8 Å². The zero-order chi connectivity index (χ0) is 20.3. The van der Waals surface area contributed by atoms with Crippen molar-refractivity contribution < 1.29 is 4.74 Å². The summed E-state index contributed by atoms with van der Waals surface area (Å²) in [5.41, 5.74) is 0.911. The Morgan fingerprint density at radius 1 is 1.11 bits per heavy atom. The minimum absolute atomic E-state index is 0.344. The van der Waals surface area contributed by atoms with Crippen LogP contribution in [-0.4, -0.2) is 21.4 Å². The summed E-state index contributed by atoms with van der Waals surface area (Å²) in [4.78, 5) is 25.3. The van der Waals surface area contributed by atoms with E-state index in [1.54, 1.807) is 30.3 Å². The first-order chi connectivity index (χ1) is 13.3. The zero-order valence-corrected chi connectivity index (χ0v) is 16.9. The molecule has 0 saturated carbocycles. The molecule has 0 aliphatic carbocycles. The number of ether oxygens (including phenoxy) is 1. The van der Waals surface area contributed by atoms with E-state index in [-0.39, 0.29) is 6.10 Å². The molecule has 3 rings (SSSR count). The average molecular weight is 420 g/mol. The van der Waals surface area contributed by atoms with Crippen molar-refractivity contribution >= 4 is 23.2 Å². The van der Waals surface area contributed by atoms with E-state index in [2.05, 4.69) is 23.9 Å². The van der Waals surface area contributed by atoms with Crippen LogP contribution in [0.3, 0.4) is 0 Å². The topological polar surface area (TPSA) is 77.0 Å². The van der Waals surface area contributed by atoms with Crippen LogP contribution in [0.25, 0.3) is 5.69 Å². The molecule has 146 valence electrons. The highest BCUT2D eigenvalue weighted by molar-refractivity contribution is 6.31. The maximum atomic E-state index is 12.0. The Balaban J connectivity index is 2.01. The smallest absolute Gasteiger partial charge is 0.349 e. The Morgan fingerprint density at radius 3 is 2.43 bits per heavy atom. The molecular weight excluding hydrogens is 401 g/mol. The highest BCUT2D eigenvalue weighted by Crippen LogP contribution is 2.33. The minimum atomic E-state index is -0.637. The van der Waals surface area contributed by atoms with Crippen molar-refractivity contribution in [3.63, 3.8) is 0 Å². The van der Waals surface area contributed by atoms with Crippen molar-refractivity contribution in [2.75, 3.05) is 6.61 Å². The minimum Gasteiger partial charge on any atom is -0.368 e. The molecule has 1 N–H and O–H groups in total. The monoisotopic (exact) mass is 419 g/mol. The first kappa shape index (κ1) is 20.3. The van der Waals surface area contributed by atoms with Gasteiger partial charge in [-0.25, -0.2) is 4.79 Å². The Kier molecular flexibility index (Phi) is 6.34. The second kappa shape index (κ2) is 8.73. The lowest BCUT2D eigenvalue weighted by atomic mass is 10.0. The van der Waals surface area contributed by atoms with E-state index in [4.69, 9.17) is 27.9 Å². The number of aromatic nitrogens is 3. The Hall–Kier alpha value is -2.41. The average Bonchev–Trinajstić information content (AvgIpc) is 2.64. The molecule has 0 aliphatic heterocycles. The molecule has 8 heteroatoms. The van der Waals surface area contributed by atoms with E-state index >= 15 is 0 Å². The molecule has 0 bridgehead atoms. The van der Waals surface area contributed by atoms with Gasteiger partial charge < -0.3 is 4.74 Å². The van der Waals surface area contributed by atoms with Gasteiger partial charge in [-0.3, -0.25) is 9.78 Å². The lowest BCUT2D eigenvalue weighted by molar-refractivity contribution is 0.0602. The van der Waals surface area contributed by atoms with Crippen LogP contribution in [0.15, 0.2) is 58.3 Å². The molecule has 0 fully saturated rings. The summed E-state index contributed by atoms with van der Waals surface area (Å²) in [6.07, 6.45) is 0.646. The number of H-pyrrole nitrogens is 1. The predicted octanol–water partition coefficient (Wildman–Crippen LogP) is 3.99. The lowest BCUT2D eigenvalue weighted by Gasteiger charge is -2.22. The maximum absolute atomic E-state index is 12.0. The normalized spacial score (nSPS) is 12.3. The number of hydrogen-bond acceptors (Lipinski definition) is 4. The third-order valence-corrected chi connectivity index (χ3v) is 4.57. The van der Waals surface area contributed by atoms with Crippen molar-refractivity contribution in [3.8, 4) is 5.69 Å². The van der Waals surface area contributed by atoms with Gasteiger partial charge >= 0.3 is 5.69 Å². The molecule has 28 heavy (non-hydrogen) atoms. The molecule has 2 aromatic carbocycles. The van der Waals surface area contributed by atoms with Crippen LogP contribution in [-0.2, 0) is 4.74 Å². The predicted molar refractivity (Wildman–Crippen MR) is 110 cm³/mol. The highest BCUT2D eigenvalue weighted by atomic mass is 35.5. The van der Waals surface area contributed by atoms with Crippen LogP contribution in [0.4, 0.5) is 0 Å². The van der Waals surface area contributed by atoms with E-state index < -0.39 is 11.2 Å². The number of aromatic amines is 1. The molecule has 0 amide bonds. The maximum Gasteiger partial charge on any atom is 0.349 e. The van der Waals surface area contributed by atoms with Crippen LogP contribution >= 0.6 is 23.2 Å². The summed E-state index contributed by atoms with van der Waals surface area (Å²) in [6, 6.07) is 12.5. The quantitative estimate of drug-likeness (QED) is 0.654. The van der Waals surface area contributed by atoms with Crippen LogP contribution in [0, 0.1) is 5.92 Å². The number of nitrogens with one attached hydrogen (secondary N) is 1. The fourth-order valence-electron chi connectivity index (χ4n) is 2.69. The van der Waals surface area contributed by atoms with E-state index in [0.29, 0.717) is 28.3 Å². The van der Waals surface area contributed by atoms with Gasteiger partial charge in [-0.05, 0) is 35.7 Å². The molecule has 3 aromatic rings. The second-order valence-corrected chi connectivity index (χ2v) is 7.56. The summed E-state index contributed by atoms with van der Waals surface area (Å²) in [5, 5.41) is 4.90. The Morgan fingerprint density at radius 2 is 1.82 bits per heavy atom. The fraction of sp³-hybridized carbons (Fsp3) is 0.250.